The molecule has 2 amide bonds. The van der Waals surface area contributed by atoms with Crippen molar-refractivity contribution in [2.75, 3.05) is 7.05 Å². The lowest BCUT2D eigenvalue weighted by atomic mass is 10.2. The van der Waals surface area contributed by atoms with Crippen molar-refractivity contribution in [3.05, 3.63) is 28.8 Å². The van der Waals surface area contributed by atoms with E-state index in [0.29, 0.717) is 4.90 Å². The van der Waals surface area contributed by atoms with E-state index in [1.54, 1.807) is 20.8 Å². The number of halogens is 2. The fraction of sp³-hybridized carbons (Fsp3) is 0.385. The standard InChI is InChI=1S/C13H15Cl2NO5S/c1-13(2,3)21-12(18)16(4)11(17)9-7-8(14)5-6-10(9)22(15,19)20/h5-7H,1-4H3. The maximum atomic E-state index is 12.3. The van der Waals surface area contributed by atoms with E-state index >= 15 is 0 Å². The number of carbonyl (C=O) groups excluding carboxylic acids is 2. The Morgan fingerprint density at radius 3 is 2.23 bits per heavy atom. The summed E-state index contributed by atoms with van der Waals surface area (Å²) in [6.45, 7) is 4.91. The number of carbonyl (C=O) groups is 2. The van der Waals surface area contributed by atoms with Crippen LogP contribution in [-0.4, -0.2) is 38.0 Å². The first kappa shape index (κ1) is 18.7. The van der Waals surface area contributed by atoms with Crippen molar-refractivity contribution in [2.45, 2.75) is 31.3 Å². The molecule has 0 spiro atoms. The van der Waals surface area contributed by atoms with Crippen molar-refractivity contribution in [2.24, 2.45) is 0 Å². The Balaban J connectivity index is 3.23. The van der Waals surface area contributed by atoms with E-state index in [2.05, 4.69) is 0 Å². The van der Waals surface area contributed by atoms with E-state index in [1.807, 2.05) is 0 Å². The topological polar surface area (TPSA) is 80.8 Å². The van der Waals surface area contributed by atoms with Crippen molar-refractivity contribution >= 4 is 43.3 Å². The SMILES string of the molecule is CN(C(=O)OC(C)(C)C)C(=O)c1cc(Cl)ccc1S(=O)(=O)Cl. The molecule has 9 heteroatoms. The first-order valence-electron chi connectivity index (χ1n) is 6.08. The minimum absolute atomic E-state index is 0.130. The highest BCUT2D eigenvalue weighted by molar-refractivity contribution is 8.13. The first-order chi connectivity index (χ1) is 9.83. The Morgan fingerprint density at radius 1 is 1.23 bits per heavy atom. The highest BCUT2D eigenvalue weighted by Gasteiger charge is 2.29. The molecule has 0 fully saturated rings. The molecular weight excluding hydrogens is 353 g/mol. The van der Waals surface area contributed by atoms with Crippen LogP contribution in [0.2, 0.25) is 5.02 Å². The molecule has 0 aliphatic rings. The second kappa shape index (κ2) is 6.44. The third-order valence-corrected chi connectivity index (χ3v) is 4.02. The summed E-state index contributed by atoms with van der Waals surface area (Å²) in [5.41, 5.74) is -1.11. The van der Waals surface area contributed by atoms with Crippen molar-refractivity contribution in [3.63, 3.8) is 0 Å². The van der Waals surface area contributed by atoms with Gasteiger partial charge in [0.25, 0.3) is 15.0 Å². The minimum Gasteiger partial charge on any atom is -0.443 e. The molecule has 0 aromatic heterocycles. The number of amides is 2. The molecule has 0 unspecified atom stereocenters. The summed E-state index contributed by atoms with van der Waals surface area (Å²) >= 11 is 5.78. The molecule has 1 aromatic carbocycles. The molecule has 0 aliphatic carbocycles. The third kappa shape index (κ3) is 4.86. The summed E-state index contributed by atoms with van der Waals surface area (Å²) in [7, 11) is 2.29. The molecule has 122 valence electrons. The van der Waals surface area contributed by atoms with Gasteiger partial charge in [0.1, 0.15) is 5.60 Å². The summed E-state index contributed by atoms with van der Waals surface area (Å²) in [5.74, 6) is -0.893. The van der Waals surface area contributed by atoms with E-state index in [1.165, 1.54) is 13.1 Å². The van der Waals surface area contributed by atoms with Crippen molar-refractivity contribution in [1.29, 1.82) is 0 Å². The molecule has 0 saturated carbocycles. The predicted molar refractivity (Wildman–Crippen MR) is 82.8 cm³/mol. The van der Waals surface area contributed by atoms with E-state index in [9.17, 15) is 18.0 Å². The van der Waals surface area contributed by atoms with E-state index in [4.69, 9.17) is 27.0 Å². The molecular formula is C13H15Cl2NO5S. The van der Waals surface area contributed by atoms with E-state index in [-0.39, 0.29) is 10.6 Å². The Bertz CT molecular complexity index is 710. The van der Waals surface area contributed by atoms with Gasteiger partial charge in [0.15, 0.2) is 0 Å². The molecule has 22 heavy (non-hydrogen) atoms. The molecule has 0 atom stereocenters. The average molecular weight is 368 g/mol. The zero-order valence-electron chi connectivity index (χ0n) is 12.4. The summed E-state index contributed by atoms with van der Waals surface area (Å²) in [6, 6.07) is 3.50. The Morgan fingerprint density at radius 2 is 1.77 bits per heavy atom. The van der Waals surface area contributed by atoms with E-state index in [0.717, 1.165) is 12.1 Å². The molecule has 0 heterocycles. The number of imide groups is 1. The number of benzene rings is 1. The van der Waals surface area contributed by atoms with Gasteiger partial charge in [0, 0.05) is 22.8 Å². The number of hydrogen-bond acceptors (Lipinski definition) is 5. The van der Waals surface area contributed by atoms with Crippen molar-refractivity contribution < 1.29 is 22.7 Å². The van der Waals surface area contributed by atoms with Crippen LogP contribution < -0.4 is 0 Å². The van der Waals surface area contributed by atoms with Gasteiger partial charge in [-0.15, -0.1) is 0 Å². The molecule has 0 radical (unpaired) electrons. The van der Waals surface area contributed by atoms with Crippen molar-refractivity contribution in [3.8, 4) is 0 Å². The minimum atomic E-state index is -4.18. The highest BCUT2D eigenvalue weighted by atomic mass is 35.7. The molecule has 0 bridgehead atoms. The fourth-order valence-electron chi connectivity index (χ4n) is 1.48. The molecule has 0 saturated heterocycles. The van der Waals surface area contributed by atoms with Gasteiger partial charge in [0.05, 0.1) is 10.5 Å². The van der Waals surface area contributed by atoms with Gasteiger partial charge in [-0.25, -0.2) is 18.1 Å². The second-order valence-corrected chi connectivity index (χ2v) is 8.39. The van der Waals surface area contributed by atoms with E-state index < -0.39 is 31.5 Å². The molecule has 0 N–H and O–H groups in total. The maximum Gasteiger partial charge on any atom is 0.417 e. The first-order valence-corrected chi connectivity index (χ1v) is 8.77. The molecule has 1 aromatic rings. The number of ether oxygens (including phenoxy) is 1. The van der Waals surface area contributed by atoms with Crippen LogP contribution in [0.5, 0.6) is 0 Å². The van der Waals surface area contributed by atoms with Gasteiger partial charge in [-0.1, -0.05) is 11.6 Å². The Labute approximate surface area is 138 Å². The number of rotatable bonds is 2. The van der Waals surface area contributed by atoms with Crippen LogP contribution in [0.15, 0.2) is 23.1 Å². The Kier molecular flexibility index (Phi) is 5.48. The predicted octanol–water partition coefficient (Wildman–Crippen LogP) is 3.27. The van der Waals surface area contributed by atoms with Gasteiger partial charge < -0.3 is 4.74 Å². The summed E-state index contributed by atoms with van der Waals surface area (Å²) < 4.78 is 28.1. The average Bonchev–Trinajstić information content (AvgIpc) is 2.33. The van der Waals surface area contributed by atoms with Crippen molar-refractivity contribution in [1.82, 2.24) is 4.90 Å². The van der Waals surface area contributed by atoms with Crippen LogP contribution in [-0.2, 0) is 13.8 Å². The Hall–Kier alpha value is -1.31. The lowest BCUT2D eigenvalue weighted by Gasteiger charge is -2.24. The monoisotopic (exact) mass is 367 g/mol. The smallest absolute Gasteiger partial charge is 0.417 e. The third-order valence-electron chi connectivity index (χ3n) is 2.41. The lowest BCUT2D eigenvalue weighted by Crippen LogP contribution is -2.38. The quantitative estimate of drug-likeness (QED) is 0.749. The summed E-state index contributed by atoms with van der Waals surface area (Å²) in [6.07, 6.45) is -0.921. The van der Waals surface area contributed by atoms with Gasteiger partial charge in [-0.3, -0.25) is 4.79 Å². The van der Waals surface area contributed by atoms with Gasteiger partial charge in [-0.2, -0.15) is 0 Å². The van der Waals surface area contributed by atoms with Crippen LogP contribution in [0.1, 0.15) is 31.1 Å². The molecule has 0 aliphatic heterocycles. The van der Waals surface area contributed by atoms with Crippen LogP contribution in [0, 0.1) is 0 Å². The lowest BCUT2D eigenvalue weighted by molar-refractivity contribution is 0.0283. The maximum absolute atomic E-state index is 12.3. The van der Waals surface area contributed by atoms with Gasteiger partial charge in [0.2, 0.25) is 0 Å². The second-order valence-electron chi connectivity index (χ2n) is 5.42. The number of hydrogen-bond donors (Lipinski definition) is 0. The summed E-state index contributed by atoms with van der Waals surface area (Å²) in [5, 5.41) is 0.130. The van der Waals surface area contributed by atoms with Crippen LogP contribution >= 0.6 is 22.3 Å². The molecule has 1 rings (SSSR count). The summed E-state index contributed by atoms with van der Waals surface area (Å²) in [4.78, 5) is 24.4. The normalized spacial score (nSPS) is 11.9. The van der Waals surface area contributed by atoms with Gasteiger partial charge >= 0.3 is 6.09 Å². The largest absolute Gasteiger partial charge is 0.443 e. The fourth-order valence-corrected chi connectivity index (χ4v) is 2.69. The highest BCUT2D eigenvalue weighted by Crippen LogP contribution is 2.25. The van der Waals surface area contributed by atoms with Crippen LogP contribution in [0.4, 0.5) is 4.79 Å². The number of nitrogens with zero attached hydrogens (tertiary/aromatic N) is 1. The van der Waals surface area contributed by atoms with Crippen LogP contribution in [0.25, 0.3) is 0 Å². The van der Waals surface area contributed by atoms with Gasteiger partial charge in [-0.05, 0) is 39.0 Å². The zero-order chi connectivity index (χ0) is 17.3. The zero-order valence-corrected chi connectivity index (χ0v) is 14.7. The molecule has 6 nitrogen and oxygen atoms in total. The van der Waals surface area contributed by atoms with Crippen LogP contribution in [0.3, 0.4) is 0 Å².